The van der Waals surface area contributed by atoms with Crippen molar-refractivity contribution in [1.82, 2.24) is 0 Å². The first-order valence-corrected chi connectivity index (χ1v) is 12.8. The first-order chi connectivity index (χ1) is 15.9. The average molecular weight is 469 g/mol. The second-order valence-electron chi connectivity index (χ2n) is 12.2. The number of allylic oxidation sites excluding steroid dienone is 1. The number of ketones is 1. The van der Waals surface area contributed by atoms with E-state index in [9.17, 15) is 19.8 Å². The van der Waals surface area contributed by atoms with Crippen LogP contribution >= 0.6 is 0 Å². The highest BCUT2D eigenvalue weighted by molar-refractivity contribution is 5.97. The van der Waals surface area contributed by atoms with E-state index in [4.69, 9.17) is 9.47 Å². The van der Waals surface area contributed by atoms with Crippen molar-refractivity contribution in [3.63, 3.8) is 0 Å². The van der Waals surface area contributed by atoms with Crippen molar-refractivity contribution in [2.45, 2.75) is 96.7 Å². The number of ether oxygens (including phenoxy) is 2. The Morgan fingerprint density at radius 3 is 2.62 bits per heavy atom. The Morgan fingerprint density at radius 2 is 1.91 bits per heavy atom. The van der Waals surface area contributed by atoms with Gasteiger partial charge in [0.05, 0.1) is 17.6 Å². The number of rotatable bonds is 1. The van der Waals surface area contributed by atoms with Crippen molar-refractivity contribution >= 4 is 11.8 Å². The van der Waals surface area contributed by atoms with Gasteiger partial charge in [-0.05, 0) is 93.8 Å². The predicted octanol–water partition coefficient (Wildman–Crippen LogP) is 3.42. The number of epoxide rings is 1. The van der Waals surface area contributed by atoms with Crippen molar-refractivity contribution in [3.8, 4) is 0 Å². The zero-order valence-electron chi connectivity index (χ0n) is 20.8. The first kappa shape index (κ1) is 22.7. The number of aliphatic hydroxyl groups excluding tert-OH is 1. The second-order valence-corrected chi connectivity index (χ2v) is 12.2. The molecule has 0 bridgehead atoms. The number of carbonyl (C=O) groups is 2. The molecule has 6 heteroatoms. The van der Waals surface area contributed by atoms with Crippen molar-refractivity contribution in [1.29, 1.82) is 0 Å². The Morgan fingerprint density at radius 1 is 1.18 bits per heavy atom. The molecule has 184 valence electrons. The highest BCUT2D eigenvalue weighted by Crippen LogP contribution is 2.71. The monoisotopic (exact) mass is 468 g/mol. The van der Waals surface area contributed by atoms with E-state index in [0.717, 1.165) is 29.6 Å². The van der Waals surface area contributed by atoms with Crippen LogP contribution in [0.1, 0.15) is 66.7 Å². The minimum absolute atomic E-state index is 0.00560. The minimum Gasteiger partial charge on any atom is -0.454 e. The van der Waals surface area contributed by atoms with Crippen LogP contribution in [-0.2, 0) is 19.1 Å². The van der Waals surface area contributed by atoms with Gasteiger partial charge in [-0.25, -0.2) is 4.79 Å². The molecule has 1 unspecified atom stereocenters. The fraction of sp³-hybridized carbons (Fsp3) is 0.714. The van der Waals surface area contributed by atoms with Gasteiger partial charge in [-0.15, -0.1) is 0 Å². The Kier molecular flexibility index (Phi) is 4.62. The fourth-order valence-electron chi connectivity index (χ4n) is 8.81. The standard InChI is InChI=1S/C28H36O6/c1-13-11-19(33-25(31)14(13)2)15(3)22-18(29)12-17-21-16(8-10-26(17,22)4)27(5)20(30)7-6-9-28(27,32)24-23(21)34-24/h6-7,16-19,21,23-24,29,32H,8-12H2,1-5H3/b22-15+/t16-,17-,18-,19?,21+,23-,24-,26-,27-,28-/m0/s1. The third-order valence-electron chi connectivity index (χ3n) is 11.0. The molecule has 10 atom stereocenters. The maximum atomic E-state index is 13.3. The Bertz CT molecular complexity index is 1080. The summed E-state index contributed by atoms with van der Waals surface area (Å²) in [5.74, 6) is 0.0142. The van der Waals surface area contributed by atoms with Gasteiger partial charge < -0.3 is 19.7 Å². The highest BCUT2D eigenvalue weighted by Gasteiger charge is 2.77. The quantitative estimate of drug-likeness (QED) is 0.348. The molecule has 0 aromatic heterocycles. The summed E-state index contributed by atoms with van der Waals surface area (Å²) in [7, 11) is 0. The summed E-state index contributed by atoms with van der Waals surface area (Å²) in [6.45, 7) is 9.98. The van der Waals surface area contributed by atoms with Crippen molar-refractivity contribution in [2.24, 2.45) is 28.6 Å². The summed E-state index contributed by atoms with van der Waals surface area (Å²) < 4.78 is 12.0. The molecular weight excluding hydrogens is 432 g/mol. The van der Waals surface area contributed by atoms with Crippen LogP contribution in [0.15, 0.2) is 34.4 Å². The highest BCUT2D eigenvalue weighted by atomic mass is 16.6. The van der Waals surface area contributed by atoms with Gasteiger partial charge in [0.1, 0.15) is 17.8 Å². The van der Waals surface area contributed by atoms with E-state index >= 15 is 0 Å². The lowest BCUT2D eigenvalue weighted by Gasteiger charge is -2.59. The Balaban J connectivity index is 1.39. The maximum absolute atomic E-state index is 13.3. The van der Waals surface area contributed by atoms with E-state index in [1.165, 1.54) is 0 Å². The van der Waals surface area contributed by atoms with Crippen LogP contribution in [0.3, 0.4) is 0 Å². The molecule has 2 N–H and O–H groups in total. The molecule has 2 heterocycles. The number of esters is 1. The molecule has 0 spiro atoms. The molecular formula is C28H36O6. The number of hydrogen-bond acceptors (Lipinski definition) is 6. The van der Waals surface area contributed by atoms with Crippen LogP contribution in [0, 0.1) is 28.6 Å². The number of aliphatic hydroxyl groups is 2. The van der Waals surface area contributed by atoms with Crippen molar-refractivity contribution in [2.75, 3.05) is 0 Å². The molecule has 6 aliphatic rings. The summed E-state index contributed by atoms with van der Waals surface area (Å²) in [6.07, 6.45) is 5.45. The number of cyclic esters (lactones) is 1. The van der Waals surface area contributed by atoms with Gasteiger partial charge >= 0.3 is 5.97 Å². The smallest absolute Gasteiger partial charge is 0.334 e. The number of carbonyl (C=O) groups excluding carboxylic acids is 2. The summed E-state index contributed by atoms with van der Waals surface area (Å²) >= 11 is 0. The topological polar surface area (TPSA) is 96.4 Å². The zero-order chi connectivity index (χ0) is 24.4. The van der Waals surface area contributed by atoms with Gasteiger partial charge in [-0.3, -0.25) is 4.79 Å². The average Bonchev–Trinajstić information content (AvgIpc) is 3.53. The van der Waals surface area contributed by atoms with Crippen LogP contribution in [0.2, 0.25) is 0 Å². The Labute approximate surface area is 201 Å². The normalized spacial score (nSPS) is 53.0. The fourth-order valence-corrected chi connectivity index (χ4v) is 8.81. The molecule has 4 fully saturated rings. The second kappa shape index (κ2) is 6.92. The van der Waals surface area contributed by atoms with Gasteiger partial charge in [0.2, 0.25) is 0 Å². The first-order valence-electron chi connectivity index (χ1n) is 12.8. The number of fused-ring (bicyclic) bond motifs is 8. The van der Waals surface area contributed by atoms with E-state index in [0.29, 0.717) is 24.8 Å². The molecule has 4 aliphatic carbocycles. The summed E-state index contributed by atoms with van der Waals surface area (Å²) in [6, 6.07) is 0. The number of hydrogen-bond donors (Lipinski definition) is 2. The van der Waals surface area contributed by atoms with Gasteiger partial charge in [0, 0.05) is 12.0 Å². The molecule has 6 nitrogen and oxygen atoms in total. The van der Waals surface area contributed by atoms with Crippen LogP contribution in [0.25, 0.3) is 0 Å². The molecule has 6 rings (SSSR count). The van der Waals surface area contributed by atoms with Gasteiger partial charge in [-0.2, -0.15) is 0 Å². The molecule has 0 aromatic rings. The molecule has 1 saturated heterocycles. The maximum Gasteiger partial charge on any atom is 0.334 e. The van der Waals surface area contributed by atoms with Crippen LogP contribution in [0.4, 0.5) is 0 Å². The lowest BCUT2D eigenvalue weighted by atomic mass is 9.44. The van der Waals surface area contributed by atoms with E-state index in [2.05, 4.69) is 6.92 Å². The van der Waals surface area contributed by atoms with E-state index in [1.807, 2.05) is 20.8 Å². The molecule has 0 aromatic carbocycles. The largest absolute Gasteiger partial charge is 0.454 e. The van der Waals surface area contributed by atoms with E-state index < -0.39 is 17.1 Å². The third kappa shape index (κ3) is 2.57. The minimum atomic E-state index is -1.15. The van der Waals surface area contributed by atoms with Gasteiger partial charge in [-0.1, -0.05) is 18.6 Å². The van der Waals surface area contributed by atoms with Crippen LogP contribution in [0.5, 0.6) is 0 Å². The van der Waals surface area contributed by atoms with Crippen LogP contribution in [-0.4, -0.2) is 52.0 Å². The molecule has 0 amide bonds. The summed E-state index contributed by atoms with van der Waals surface area (Å²) in [5, 5.41) is 23.1. The molecule has 2 aliphatic heterocycles. The summed E-state index contributed by atoms with van der Waals surface area (Å²) in [4.78, 5) is 25.7. The lowest BCUT2D eigenvalue weighted by Crippen LogP contribution is -2.67. The zero-order valence-corrected chi connectivity index (χ0v) is 20.8. The third-order valence-corrected chi connectivity index (χ3v) is 11.0. The van der Waals surface area contributed by atoms with Gasteiger partial charge in [0.15, 0.2) is 5.78 Å². The summed E-state index contributed by atoms with van der Waals surface area (Å²) in [5.41, 5.74) is 1.43. The van der Waals surface area contributed by atoms with E-state index in [1.54, 1.807) is 19.1 Å². The van der Waals surface area contributed by atoms with Crippen molar-refractivity contribution in [3.05, 3.63) is 34.4 Å². The van der Waals surface area contributed by atoms with Crippen LogP contribution < -0.4 is 0 Å². The van der Waals surface area contributed by atoms with Gasteiger partial charge in [0.25, 0.3) is 0 Å². The predicted molar refractivity (Wildman–Crippen MR) is 124 cm³/mol. The molecule has 34 heavy (non-hydrogen) atoms. The molecule has 0 radical (unpaired) electrons. The van der Waals surface area contributed by atoms with E-state index in [-0.39, 0.29) is 53.2 Å². The molecule has 3 saturated carbocycles. The lowest BCUT2D eigenvalue weighted by molar-refractivity contribution is -0.178. The Hall–Kier alpha value is -1.76. The SMILES string of the molecule is CC1=C(C)C(=O)OC(/C(C)=C2\[C@@H](O)C[C@H]3[C@@H]4[C@@H]5O[C@@H]5[C@@]5(O)CC=CC(=O)[C@]5(C)[C@H]4CC[C@]23C)C1. The van der Waals surface area contributed by atoms with Crippen molar-refractivity contribution < 1.29 is 29.3 Å².